The molecule has 7 heteroatoms. The topological polar surface area (TPSA) is 61.4 Å². The molecule has 1 aliphatic rings. The number of halogens is 2. The maximum Gasteiger partial charge on any atom is 0.243 e. The highest BCUT2D eigenvalue weighted by Gasteiger charge is 2.34. The number of fused-ring (bicyclic) bond motifs is 1. The zero-order valence-electron chi connectivity index (χ0n) is 17.8. The average Bonchev–Trinajstić information content (AvgIpc) is 3.63. The van der Waals surface area contributed by atoms with E-state index in [2.05, 4.69) is 46.7 Å². The summed E-state index contributed by atoms with van der Waals surface area (Å²) in [6, 6.07) is 17.9. The number of nitrogens with one attached hydrogen (secondary N) is 2. The van der Waals surface area contributed by atoms with Crippen LogP contribution >= 0.6 is 0 Å². The van der Waals surface area contributed by atoms with Gasteiger partial charge in [0, 0.05) is 23.8 Å². The first-order valence-corrected chi connectivity index (χ1v) is 10.7. The molecule has 0 aliphatic heterocycles. The summed E-state index contributed by atoms with van der Waals surface area (Å²) in [7, 11) is 0. The zero-order valence-corrected chi connectivity index (χ0v) is 17.8. The first-order valence-electron chi connectivity index (χ1n) is 10.7. The fourth-order valence-corrected chi connectivity index (χ4v) is 3.96. The summed E-state index contributed by atoms with van der Waals surface area (Å²) < 4.78 is 26.3. The lowest BCUT2D eigenvalue weighted by molar-refractivity contribution is -0.125. The van der Waals surface area contributed by atoms with Gasteiger partial charge in [0.2, 0.25) is 11.8 Å². The van der Waals surface area contributed by atoms with Crippen LogP contribution in [0.15, 0.2) is 60.7 Å². The van der Waals surface area contributed by atoms with Crippen molar-refractivity contribution < 1.29 is 18.4 Å². The molecular weight excluding hydrogens is 412 g/mol. The SMILES string of the molecule is C[C@H](c1cccc2ccccc12)N(CC(=O)NCC(=O)Nc1ccc(F)c(F)c1)C1CC1. The summed E-state index contributed by atoms with van der Waals surface area (Å²) in [5.74, 6) is -2.81. The largest absolute Gasteiger partial charge is 0.346 e. The summed E-state index contributed by atoms with van der Waals surface area (Å²) in [6.45, 7) is 2.02. The number of rotatable bonds is 8. The molecule has 0 saturated heterocycles. The smallest absolute Gasteiger partial charge is 0.243 e. The van der Waals surface area contributed by atoms with Crippen molar-refractivity contribution in [2.75, 3.05) is 18.4 Å². The quantitative estimate of drug-likeness (QED) is 0.549. The number of carbonyl (C=O) groups excluding carboxylic acids is 2. The summed E-state index contributed by atoms with van der Waals surface area (Å²) in [6.07, 6.45) is 2.08. The molecule has 0 radical (unpaired) electrons. The second-order valence-corrected chi connectivity index (χ2v) is 8.10. The number of carbonyl (C=O) groups is 2. The Hall–Kier alpha value is -3.32. The van der Waals surface area contributed by atoms with Crippen LogP contribution in [0.1, 0.15) is 31.4 Å². The maximum atomic E-state index is 13.3. The molecule has 0 bridgehead atoms. The van der Waals surface area contributed by atoms with Gasteiger partial charge in [-0.05, 0) is 48.2 Å². The van der Waals surface area contributed by atoms with Gasteiger partial charge in [0.25, 0.3) is 0 Å². The normalized spacial score (nSPS) is 14.4. The monoisotopic (exact) mass is 437 g/mol. The van der Waals surface area contributed by atoms with Crippen molar-refractivity contribution >= 4 is 28.3 Å². The fraction of sp³-hybridized carbons (Fsp3) is 0.280. The number of nitrogens with zero attached hydrogens (tertiary/aromatic N) is 1. The van der Waals surface area contributed by atoms with Gasteiger partial charge in [-0.1, -0.05) is 42.5 Å². The Bertz CT molecular complexity index is 1140. The van der Waals surface area contributed by atoms with Crippen LogP contribution < -0.4 is 10.6 Å². The van der Waals surface area contributed by atoms with E-state index < -0.39 is 17.5 Å². The standard InChI is InChI=1S/C25H25F2N3O2/c1-16(20-8-4-6-17-5-2-3-7-21(17)20)30(19-10-11-19)15-25(32)28-14-24(31)29-18-9-12-22(26)23(27)13-18/h2-9,12-13,16,19H,10-11,14-15H2,1H3,(H,28,32)(H,29,31)/t16-/m1/s1. The van der Waals surface area contributed by atoms with Gasteiger partial charge >= 0.3 is 0 Å². The number of benzene rings is 3. The molecule has 166 valence electrons. The molecule has 2 N–H and O–H groups in total. The van der Waals surface area contributed by atoms with E-state index in [4.69, 9.17) is 0 Å². The van der Waals surface area contributed by atoms with E-state index in [1.165, 1.54) is 17.0 Å². The highest BCUT2D eigenvalue weighted by Crippen LogP contribution is 2.36. The fourth-order valence-electron chi connectivity index (χ4n) is 3.96. The predicted octanol–water partition coefficient (Wildman–Crippen LogP) is 4.40. The number of amides is 2. The van der Waals surface area contributed by atoms with Crippen LogP contribution in [0.5, 0.6) is 0 Å². The van der Waals surface area contributed by atoms with E-state index in [1.807, 2.05) is 18.2 Å². The van der Waals surface area contributed by atoms with Crippen LogP contribution in [0, 0.1) is 11.6 Å². The highest BCUT2D eigenvalue weighted by molar-refractivity contribution is 5.94. The third-order valence-electron chi connectivity index (χ3n) is 5.76. The molecule has 0 spiro atoms. The molecule has 1 atom stereocenters. The van der Waals surface area contributed by atoms with Crippen molar-refractivity contribution in [3.05, 3.63) is 77.9 Å². The lowest BCUT2D eigenvalue weighted by Crippen LogP contribution is -2.42. The predicted molar refractivity (Wildman–Crippen MR) is 120 cm³/mol. The Morgan fingerprint density at radius 1 is 1.00 bits per heavy atom. The molecule has 3 aromatic rings. The van der Waals surface area contributed by atoms with Gasteiger partial charge in [-0.15, -0.1) is 0 Å². The van der Waals surface area contributed by atoms with E-state index in [9.17, 15) is 18.4 Å². The molecule has 1 fully saturated rings. The minimum absolute atomic E-state index is 0.0374. The van der Waals surface area contributed by atoms with Gasteiger partial charge in [0.15, 0.2) is 11.6 Å². The minimum atomic E-state index is -1.05. The van der Waals surface area contributed by atoms with Gasteiger partial charge in [0.1, 0.15) is 0 Å². The molecule has 0 unspecified atom stereocenters. The van der Waals surface area contributed by atoms with Crippen molar-refractivity contribution in [1.82, 2.24) is 10.2 Å². The van der Waals surface area contributed by atoms with Gasteiger partial charge in [0.05, 0.1) is 13.1 Å². The number of hydrogen-bond acceptors (Lipinski definition) is 3. The molecule has 2 amide bonds. The molecule has 3 aromatic carbocycles. The van der Waals surface area contributed by atoms with Gasteiger partial charge in [-0.2, -0.15) is 0 Å². The maximum absolute atomic E-state index is 13.3. The van der Waals surface area contributed by atoms with Crippen LogP contribution in [0.3, 0.4) is 0 Å². The third kappa shape index (κ3) is 5.11. The Morgan fingerprint density at radius 3 is 2.50 bits per heavy atom. The summed E-state index contributed by atoms with van der Waals surface area (Å²) in [4.78, 5) is 26.9. The van der Waals surface area contributed by atoms with Crippen LogP contribution in [-0.4, -0.2) is 35.8 Å². The second-order valence-electron chi connectivity index (χ2n) is 8.10. The molecule has 32 heavy (non-hydrogen) atoms. The lowest BCUT2D eigenvalue weighted by atomic mass is 9.98. The summed E-state index contributed by atoms with van der Waals surface area (Å²) in [5, 5.41) is 7.40. The average molecular weight is 437 g/mol. The van der Waals surface area contributed by atoms with E-state index in [0.29, 0.717) is 6.04 Å². The molecule has 1 aliphatic carbocycles. The Balaban J connectivity index is 1.37. The number of anilines is 1. The Morgan fingerprint density at radius 2 is 1.75 bits per heavy atom. The van der Waals surface area contributed by atoms with Crippen LogP contribution in [0.4, 0.5) is 14.5 Å². The molecule has 5 nitrogen and oxygen atoms in total. The third-order valence-corrected chi connectivity index (χ3v) is 5.76. The van der Waals surface area contributed by atoms with Crippen molar-refractivity contribution in [2.45, 2.75) is 31.8 Å². The van der Waals surface area contributed by atoms with E-state index in [0.717, 1.165) is 30.4 Å². The van der Waals surface area contributed by atoms with Crippen molar-refractivity contribution in [2.24, 2.45) is 0 Å². The van der Waals surface area contributed by atoms with E-state index >= 15 is 0 Å². The van der Waals surface area contributed by atoms with E-state index in [1.54, 1.807) is 0 Å². The van der Waals surface area contributed by atoms with Crippen LogP contribution in [0.2, 0.25) is 0 Å². The van der Waals surface area contributed by atoms with E-state index in [-0.39, 0.29) is 30.7 Å². The summed E-state index contributed by atoms with van der Waals surface area (Å²) in [5.41, 5.74) is 1.30. The number of hydrogen-bond donors (Lipinski definition) is 2. The molecule has 0 aromatic heterocycles. The zero-order chi connectivity index (χ0) is 22.7. The highest BCUT2D eigenvalue weighted by atomic mass is 19.2. The van der Waals surface area contributed by atoms with Crippen LogP contribution in [0.25, 0.3) is 10.8 Å². The molecule has 4 rings (SSSR count). The van der Waals surface area contributed by atoms with Gasteiger partial charge < -0.3 is 10.6 Å². The van der Waals surface area contributed by atoms with Crippen molar-refractivity contribution in [1.29, 1.82) is 0 Å². The second kappa shape index (κ2) is 9.44. The van der Waals surface area contributed by atoms with Crippen molar-refractivity contribution in [3.8, 4) is 0 Å². The first kappa shape index (κ1) is 21.9. The van der Waals surface area contributed by atoms with Crippen LogP contribution in [-0.2, 0) is 9.59 Å². The molecular formula is C25H25F2N3O2. The first-order chi connectivity index (χ1) is 15.4. The Labute approximate surface area is 185 Å². The summed E-state index contributed by atoms with van der Waals surface area (Å²) >= 11 is 0. The lowest BCUT2D eigenvalue weighted by Gasteiger charge is -2.29. The van der Waals surface area contributed by atoms with Gasteiger partial charge in [-0.25, -0.2) is 8.78 Å². The van der Waals surface area contributed by atoms with Gasteiger partial charge in [-0.3, -0.25) is 14.5 Å². The molecule has 1 saturated carbocycles. The molecule has 0 heterocycles. The van der Waals surface area contributed by atoms with Crippen molar-refractivity contribution in [3.63, 3.8) is 0 Å². The minimum Gasteiger partial charge on any atom is -0.346 e. The Kier molecular flexibility index (Phi) is 6.46.